The van der Waals surface area contributed by atoms with Crippen LogP contribution in [0, 0.1) is 0 Å². The summed E-state index contributed by atoms with van der Waals surface area (Å²) < 4.78 is 0. The minimum absolute atomic E-state index is 0.491. The molecule has 0 saturated heterocycles. The van der Waals surface area contributed by atoms with Crippen LogP contribution >= 0.6 is 0 Å². The van der Waals surface area contributed by atoms with Crippen LogP contribution in [0.2, 0.25) is 19.6 Å². The second-order valence-corrected chi connectivity index (χ2v) is 14.0. The molecule has 0 aromatic carbocycles. The summed E-state index contributed by atoms with van der Waals surface area (Å²) in [6.07, 6.45) is 5.65. The van der Waals surface area contributed by atoms with Crippen molar-refractivity contribution in [3.8, 4) is 0 Å². The second kappa shape index (κ2) is 5.41. The van der Waals surface area contributed by atoms with E-state index in [4.69, 9.17) is 0 Å². The van der Waals surface area contributed by atoms with Gasteiger partial charge in [-0.05, 0) is 33.6 Å². The Balaban J connectivity index is 2.86. The van der Waals surface area contributed by atoms with Crippen LogP contribution < -0.4 is 5.32 Å². The van der Waals surface area contributed by atoms with E-state index in [1.54, 1.807) is 10.8 Å². The molecule has 1 atom stereocenters. The molecule has 3 heteroatoms. The van der Waals surface area contributed by atoms with Gasteiger partial charge in [-0.1, -0.05) is 43.3 Å². The van der Waals surface area contributed by atoms with Crippen LogP contribution in [0.15, 0.2) is 10.8 Å². The van der Waals surface area contributed by atoms with E-state index in [-0.39, 0.29) is 0 Å². The highest BCUT2D eigenvalue weighted by atomic mass is 28.3. The molecule has 1 fully saturated rings. The molecule has 0 bridgehead atoms. The van der Waals surface area contributed by atoms with Gasteiger partial charge in [-0.15, -0.1) is 0 Å². The van der Waals surface area contributed by atoms with E-state index in [0.717, 1.165) is 0 Å². The first kappa shape index (κ1) is 15.2. The Morgan fingerprint density at radius 1 is 1.18 bits per heavy atom. The lowest BCUT2D eigenvalue weighted by atomic mass is 10.1. The Labute approximate surface area is 112 Å². The van der Waals surface area contributed by atoms with Crippen LogP contribution in [-0.2, 0) is 0 Å². The molecule has 0 spiro atoms. The highest BCUT2D eigenvalue weighted by Gasteiger charge is 2.45. The molecule has 0 aromatic heterocycles. The molecule has 1 saturated carbocycles. The second-order valence-electron chi connectivity index (χ2n) is 7.09. The number of nitrogens with one attached hydrogen (secondary N) is 1. The van der Waals surface area contributed by atoms with Crippen molar-refractivity contribution in [2.24, 2.45) is 0 Å². The van der Waals surface area contributed by atoms with E-state index < -0.39 is 8.07 Å². The summed E-state index contributed by atoms with van der Waals surface area (Å²) in [5.41, 5.74) is 1.58. The van der Waals surface area contributed by atoms with Crippen LogP contribution in [0.3, 0.4) is 0 Å². The molecule has 1 unspecified atom stereocenters. The van der Waals surface area contributed by atoms with Crippen LogP contribution in [0.25, 0.3) is 0 Å². The van der Waals surface area contributed by atoms with Gasteiger partial charge in [0.05, 0.1) is 8.07 Å². The van der Waals surface area contributed by atoms with Crippen molar-refractivity contribution in [2.45, 2.75) is 77.3 Å². The SMILES string of the molecule is CC([SiH3])=C(C)C(C)NC1([Si](C)(C)C)CCCC1. The molecule has 1 N–H and O–H groups in total. The first-order valence-electron chi connectivity index (χ1n) is 7.11. The molecule has 1 aliphatic rings. The van der Waals surface area contributed by atoms with Crippen molar-refractivity contribution >= 4 is 18.3 Å². The molecule has 0 amide bonds. The summed E-state index contributed by atoms with van der Waals surface area (Å²) in [6, 6.07) is 0.567. The third-order valence-corrected chi connectivity index (χ3v) is 9.13. The van der Waals surface area contributed by atoms with Crippen LogP contribution in [0.5, 0.6) is 0 Å². The topological polar surface area (TPSA) is 12.0 Å². The molecule has 100 valence electrons. The summed E-state index contributed by atoms with van der Waals surface area (Å²) in [5, 5.41) is 6.14. The van der Waals surface area contributed by atoms with Gasteiger partial charge in [0.25, 0.3) is 0 Å². The third kappa shape index (κ3) is 3.32. The van der Waals surface area contributed by atoms with Gasteiger partial charge in [0.2, 0.25) is 0 Å². The molecule has 1 nitrogen and oxygen atoms in total. The largest absolute Gasteiger partial charge is 0.308 e. The maximum Gasteiger partial charge on any atom is 0.0674 e. The Morgan fingerprint density at radius 2 is 1.65 bits per heavy atom. The third-order valence-electron chi connectivity index (χ3n) is 4.82. The number of hydrogen-bond acceptors (Lipinski definition) is 1. The lowest BCUT2D eigenvalue weighted by molar-refractivity contribution is 0.412. The summed E-state index contributed by atoms with van der Waals surface area (Å²) in [7, 11) is 0.0607. The fourth-order valence-corrected chi connectivity index (χ4v) is 5.98. The normalized spacial score (nSPS) is 23.6. The van der Waals surface area contributed by atoms with E-state index in [9.17, 15) is 0 Å². The van der Waals surface area contributed by atoms with Gasteiger partial charge >= 0.3 is 0 Å². The zero-order chi connectivity index (χ0) is 13.3. The van der Waals surface area contributed by atoms with Crippen molar-refractivity contribution in [3.05, 3.63) is 10.8 Å². The number of allylic oxidation sites excluding steroid dienone is 1. The van der Waals surface area contributed by atoms with E-state index in [2.05, 4.69) is 45.7 Å². The molecule has 1 rings (SSSR count). The monoisotopic (exact) mass is 269 g/mol. The molecule has 0 heterocycles. The molecule has 0 radical (unpaired) electrons. The fraction of sp³-hybridized carbons (Fsp3) is 0.857. The minimum atomic E-state index is -1.14. The van der Waals surface area contributed by atoms with Crippen molar-refractivity contribution in [1.82, 2.24) is 5.32 Å². The molecule has 0 aromatic rings. The molecule has 1 aliphatic carbocycles. The molecule has 0 aliphatic heterocycles. The number of hydrogen-bond donors (Lipinski definition) is 1. The predicted octanol–water partition coefficient (Wildman–Crippen LogP) is 2.81. The van der Waals surface area contributed by atoms with E-state index in [1.165, 1.54) is 35.9 Å². The highest BCUT2D eigenvalue weighted by Crippen LogP contribution is 2.38. The fourth-order valence-electron chi connectivity index (χ4n) is 3.05. The zero-order valence-electron chi connectivity index (χ0n) is 12.9. The van der Waals surface area contributed by atoms with Gasteiger partial charge in [-0.2, -0.15) is 0 Å². The van der Waals surface area contributed by atoms with E-state index >= 15 is 0 Å². The van der Waals surface area contributed by atoms with Crippen molar-refractivity contribution in [2.75, 3.05) is 0 Å². The summed E-state index contributed by atoms with van der Waals surface area (Å²) >= 11 is 0. The first-order chi connectivity index (χ1) is 7.69. The van der Waals surface area contributed by atoms with Crippen molar-refractivity contribution in [1.29, 1.82) is 0 Å². The van der Waals surface area contributed by atoms with Crippen molar-refractivity contribution < 1.29 is 0 Å². The number of rotatable bonds is 4. The summed E-state index contributed by atoms with van der Waals surface area (Å²) in [5.74, 6) is 0. The van der Waals surface area contributed by atoms with Gasteiger partial charge in [0.15, 0.2) is 0 Å². The lowest BCUT2D eigenvalue weighted by Crippen LogP contribution is -2.62. The maximum atomic E-state index is 4.04. The average molecular weight is 270 g/mol. The Hall–Kier alpha value is 0.134. The van der Waals surface area contributed by atoms with Crippen LogP contribution in [0.4, 0.5) is 0 Å². The first-order valence-corrected chi connectivity index (χ1v) is 11.6. The Bertz CT molecular complexity index is 292. The summed E-state index contributed by atoms with van der Waals surface area (Å²) in [6.45, 7) is 14.6. The molecule has 17 heavy (non-hydrogen) atoms. The quantitative estimate of drug-likeness (QED) is 0.774. The van der Waals surface area contributed by atoms with Crippen LogP contribution in [-0.4, -0.2) is 29.5 Å². The highest BCUT2D eigenvalue weighted by molar-refractivity contribution is 6.79. The van der Waals surface area contributed by atoms with Gasteiger partial charge in [-0.3, -0.25) is 0 Å². The maximum absolute atomic E-state index is 4.04. The molecular formula is C14H31NSi2. The van der Waals surface area contributed by atoms with E-state index in [0.29, 0.717) is 11.2 Å². The minimum Gasteiger partial charge on any atom is -0.308 e. The van der Waals surface area contributed by atoms with E-state index in [1.807, 2.05) is 0 Å². The zero-order valence-corrected chi connectivity index (χ0v) is 15.9. The van der Waals surface area contributed by atoms with Gasteiger partial charge in [0, 0.05) is 21.4 Å². The van der Waals surface area contributed by atoms with Gasteiger partial charge in [0.1, 0.15) is 0 Å². The Morgan fingerprint density at radius 3 is 2.00 bits per heavy atom. The standard InChI is InChI=1S/C14H31NSi2/c1-11(13(3)16)12(2)15-14(17(4,5)6)9-7-8-10-14/h12,15H,7-10H2,1-6,16H3. The predicted molar refractivity (Wildman–Crippen MR) is 85.5 cm³/mol. The van der Waals surface area contributed by atoms with Crippen molar-refractivity contribution in [3.63, 3.8) is 0 Å². The van der Waals surface area contributed by atoms with Gasteiger partial charge < -0.3 is 5.32 Å². The average Bonchev–Trinajstić information content (AvgIpc) is 2.65. The Kier molecular flexibility index (Phi) is 4.83. The van der Waals surface area contributed by atoms with Crippen LogP contribution in [0.1, 0.15) is 46.5 Å². The lowest BCUT2D eigenvalue weighted by Gasteiger charge is -2.44. The summed E-state index contributed by atoms with van der Waals surface area (Å²) in [4.78, 5) is 0. The smallest absolute Gasteiger partial charge is 0.0674 e. The molecular weight excluding hydrogens is 238 g/mol. The van der Waals surface area contributed by atoms with Gasteiger partial charge in [-0.25, -0.2) is 0 Å².